The Bertz CT molecular complexity index is 248. The minimum absolute atomic E-state index is 0. The number of amides is 1. The maximum Gasteiger partial charge on any atom is 0.223 e. The van der Waals surface area contributed by atoms with Gasteiger partial charge in [-0.15, -0.1) is 12.4 Å². The molecule has 0 aliphatic heterocycles. The minimum atomic E-state index is 0. The van der Waals surface area contributed by atoms with Crippen molar-refractivity contribution in [1.82, 2.24) is 5.32 Å². The predicted octanol–water partition coefficient (Wildman–Crippen LogP) is 3.26. The lowest BCUT2D eigenvalue weighted by atomic mass is 9.85. The number of carbonyl (C=O) groups excluding carboxylic acids is 1. The second kappa shape index (κ2) is 10.5. The van der Waals surface area contributed by atoms with Gasteiger partial charge in [-0.25, -0.2) is 0 Å². The van der Waals surface area contributed by atoms with E-state index in [0.717, 1.165) is 38.6 Å². The zero-order chi connectivity index (χ0) is 13.4. The topological polar surface area (TPSA) is 55.1 Å². The van der Waals surface area contributed by atoms with E-state index in [1.807, 2.05) is 0 Å². The van der Waals surface area contributed by atoms with Crippen LogP contribution in [0.5, 0.6) is 0 Å². The summed E-state index contributed by atoms with van der Waals surface area (Å²) in [5.74, 6) is 1.05. The van der Waals surface area contributed by atoms with E-state index in [9.17, 15) is 4.79 Å². The van der Waals surface area contributed by atoms with Gasteiger partial charge in [-0.05, 0) is 31.6 Å². The van der Waals surface area contributed by atoms with E-state index < -0.39 is 0 Å². The summed E-state index contributed by atoms with van der Waals surface area (Å²) in [6.45, 7) is 5.28. The van der Waals surface area contributed by atoms with Gasteiger partial charge in [0.2, 0.25) is 5.91 Å². The molecule has 1 aliphatic carbocycles. The largest absolute Gasteiger partial charge is 0.356 e. The van der Waals surface area contributed by atoms with Crippen LogP contribution in [-0.2, 0) is 4.79 Å². The van der Waals surface area contributed by atoms with E-state index in [-0.39, 0.29) is 30.3 Å². The third kappa shape index (κ3) is 7.17. The zero-order valence-electron chi connectivity index (χ0n) is 12.5. The minimum Gasteiger partial charge on any atom is -0.356 e. The molecule has 19 heavy (non-hydrogen) atoms. The summed E-state index contributed by atoms with van der Waals surface area (Å²) in [7, 11) is 0. The van der Waals surface area contributed by atoms with Crippen molar-refractivity contribution in [3.8, 4) is 0 Å². The molecule has 0 radical (unpaired) electrons. The number of hydrogen-bond donors (Lipinski definition) is 2. The van der Waals surface area contributed by atoms with E-state index in [2.05, 4.69) is 19.2 Å². The second-order valence-corrected chi connectivity index (χ2v) is 5.79. The molecule has 4 heteroatoms. The van der Waals surface area contributed by atoms with Gasteiger partial charge in [0.15, 0.2) is 0 Å². The molecule has 0 saturated heterocycles. The quantitative estimate of drug-likeness (QED) is 0.756. The average Bonchev–Trinajstić information content (AvgIpc) is 2.38. The highest BCUT2D eigenvalue weighted by Crippen LogP contribution is 2.23. The van der Waals surface area contributed by atoms with Gasteiger partial charge < -0.3 is 11.1 Å². The first-order valence-electron chi connectivity index (χ1n) is 7.70. The van der Waals surface area contributed by atoms with E-state index >= 15 is 0 Å². The fourth-order valence-electron chi connectivity index (χ4n) is 2.80. The third-order valence-corrected chi connectivity index (χ3v) is 4.19. The highest BCUT2D eigenvalue weighted by Gasteiger charge is 2.25. The van der Waals surface area contributed by atoms with Crippen LogP contribution >= 0.6 is 12.4 Å². The first-order valence-corrected chi connectivity index (χ1v) is 7.70. The molecule has 0 aromatic heterocycles. The van der Waals surface area contributed by atoms with E-state index in [1.165, 1.54) is 19.3 Å². The molecule has 0 spiro atoms. The average molecular weight is 291 g/mol. The lowest BCUT2D eigenvalue weighted by Crippen LogP contribution is -2.39. The maximum absolute atomic E-state index is 12.1. The molecule has 114 valence electrons. The van der Waals surface area contributed by atoms with E-state index in [1.54, 1.807) is 0 Å². The Morgan fingerprint density at radius 1 is 1.37 bits per heavy atom. The molecule has 0 heterocycles. The summed E-state index contributed by atoms with van der Waals surface area (Å²) < 4.78 is 0. The zero-order valence-corrected chi connectivity index (χ0v) is 13.3. The summed E-state index contributed by atoms with van der Waals surface area (Å²) in [5, 5.41) is 3.14. The van der Waals surface area contributed by atoms with Crippen molar-refractivity contribution >= 4 is 18.3 Å². The Morgan fingerprint density at radius 2 is 2.11 bits per heavy atom. The van der Waals surface area contributed by atoms with Gasteiger partial charge in [0, 0.05) is 18.5 Å². The molecular formula is C15H31ClN2O. The number of unbranched alkanes of at least 4 members (excludes halogenated alkanes) is 1. The van der Waals surface area contributed by atoms with Gasteiger partial charge in [-0.1, -0.05) is 39.5 Å². The molecule has 3 unspecified atom stereocenters. The maximum atomic E-state index is 12.1. The predicted molar refractivity (Wildman–Crippen MR) is 83.5 cm³/mol. The molecule has 1 saturated carbocycles. The summed E-state index contributed by atoms with van der Waals surface area (Å²) >= 11 is 0. The summed E-state index contributed by atoms with van der Waals surface area (Å²) in [5.41, 5.74) is 5.93. The van der Waals surface area contributed by atoms with Crippen LogP contribution in [0.4, 0.5) is 0 Å². The normalized spacial score (nSPS) is 24.4. The lowest BCUT2D eigenvalue weighted by Gasteiger charge is -2.26. The van der Waals surface area contributed by atoms with Crippen LogP contribution in [0.1, 0.15) is 65.2 Å². The van der Waals surface area contributed by atoms with Crippen LogP contribution in [0.15, 0.2) is 0 Å². The van der Waals surface area contributed by atoms with Crippen molar-refractivity contribution in [3.05, 3.63) is 0 Å². The molecule has 3 nitrogen and oxygen atoms in total. The fourth-order valence-corrected chi connectivity index (χ4v) is 2.80. The number of halogens is 1. The highest BCUT2D eigenvalue weighted by atomic mass is 35.5. The lowest BCUT2D eigenvalue weighted by molar-refractivity contribution is -0.126. The van der Waals surface area contributed by atoms with Crippen LogP contribution in [-0.4, -0.2) is 18.5 Å². The molecule has 1 fully saturated rings. The van der Waals surface area contributed by atoms with Gasteiger partial charge >= 0.3 is 0 Å². The van der Waals surface area contributed by atoms with Crippen LogP contribution in [0.25, 0.3) is 0 Å². The second-order valence-electron chi connectivity index (χ2n) is 5.79. The Kier molecular flexibility index (Phi) is 10.3. The van der Waals surface area contributed by atoms with Gasteiger partial charge in [-0.2, -0.15) is 0 Å². The first-order chi connectivity index (χ1) is 8.67. The summed E-state index contributed by atoms with van der Waals surface area (Å²) in [6, 6.07) is 0.233. The summed E-state index contributed by atoms with van der Waals surface area (Å²) in [4.78, 5) is 12.1. The van der Waals surface area contributed by atoms with E-state index in [0.29, 0.717) is 5.92 Å². The van der Waals surface area contributed by atoms with Gasteiger partial charge in [0.05, 0.1) is 0 Å². The van der Waals surface area contributed by atoms with Crippen molar-refractivity contribution in [3.63, 3.8) is 0 Å². The monoisotopic (exact) mass is 290 g/mol. The molecule has 3 atom stereocenters. The standard InChI is InChI=1S/C15H30N2O.ClH/c1-3-5-7-12(4-2)11-17-15(18)13-8-6-9-14(16)10-13;/h12-14H,3-11,16H2,1-2H3,(H,17,18);1H. The molecule has 0 aromatic carbocycles. The van der Waals surface area contributed by atoms with Crippen molar-refractivity contribution in [2.75, 3.05) is 6.54 Å². The number of nitrogens with two attached hydrogens (primary N) is 1. The molecule has 0 bridgehead atoms. The molecule has 1 aliphatic rings. The molecule has 1 amide bonds. The third-order valence-electron chi connectivity index (χ3n) is 4.19. The van der Waals surface area contributed by atoms with E-state index in [4.69, 9.17) is 5.73 Å². The SMILES string of the molecule is CCCCC(CC)CNC(=O)C1CCCC(N)C1.Cl. The number of hydrogen-bond acceptors (Lipinski definition) is 2. The van der Waals surface area contributed by atoms with Gasteiger partial charge in [-0.3, -0.25) is 4.79 Å². The van der Waals surface area contributed by atoms with Crippen molar-refractivity contribution < 1.29 is 4.79 Å². The van der Waals surface area contributed by atoms with Crippen LogP contribution in [0, 0.1) is 11.8 Å². The van der Waals surface area contributed by atoms with Crippen molar-refractivity contribution in [1.29, 1.82) is 0 Å². The molecular weight excluding hydrogens is 260 g/mol. The highest BCUT2D eigenvalue weighted by molar-refractivity contribution is 5.85. The Hall–Kier alpha value is -0.280. The van der Waals surface area contributed by atoms with Crippen LogP contribution < -0.4 is 11.1 Å². The first kappa shape index (κ1) is 18.7. The van der Waals surface area contributed by atoms with Gasteiger partial charge in [0.25, 0.3) is 0 Å². The molecule has 0 aromatic rings. The fraction of sp³-hybridized carbons (Fsp3) is 0.933. The summed E-state index contributed by atoms with van der Waals surface area (Å²) in [6.07, 6.45) is 8.97. The van der Waals surface area contributed by atoms with Crippen LogP contribution in [0.2, 0.25) is 0 Å². The number of rotatable bonds is 7. The van der Waals surface area contributed by atoms with Crippen molar-refractivity contribution in [2.24, 2.45) is 17.6 Å². The smallest absolute Gasteiger partial charge is 0.223 e. The molecule has 1 rings (SSSR count). The molecule has 3 N–H and O–H groups in total. The Labute approximate surface area is 124 Å². The van der Waals surface area contributed by atoms with Crippen molar-refractivity contribution in [2.45, 2.75) is 71.3 Å². The Morgan fingerprint density at radius 3 is 2.68 bits per heavy atom. The van der Waals surface area contributed by atoms with Gasteiger partial charge in [0.1, 0.15) is 0 Å². The van der Waals surface area contributed by atoms with Crippen LogP contribution in [0.3, 0.4) is 0 Å². The number of carbonyl (C=O) groups is 1. The number of nitrogens with one attached hydrogen (secondary N) is 1. The Balaban J connectivity index is 0.00000324.